The summed E-state index contributed by atoms with van der Waals surface area (Å²) in [5.74, 6) is 0.484. The van der Waals surface area contributed by atoms with Crippen molar-refractivity contribution in [3.05, 3.63) is 34.3 Å². The minimum absolute atomic E-state index is 0.0912. The first-order chi connectivity index (χ1) is 7.14. The number of aliphatic hydroxyl groups is 1. The van der Waals surface area contributed by atoms with Crippen LogP contribution in [0.3, 0.4) is 0 Å². The molecule has 3 heteroatoms. The molecular formula is C12H16BrNO. The molecule has 82 valence electrons. The molecule has 2 atom stereocenters. The van der Waals surface area contributed by atoms with E-state index in [1.165, 1.54) is 5.56 Å². The molecule has 0 heterocycles. The third-order valence-corrected chi connectivity index (χ3v) is 4.03. The molecule has 0 amide bonds. The van der Waals surface area contributed by atoms with E-state index >= 15 is 0 Å². The minimum atomic E-state index is -0.361. The lowest BCUT2D eigenvalue weighted by Crippen LogP contribution is -2.40. The van der Waals surface area contributed by atoms with E-state index in [0.717, 1.165) is 23.7 Å². The van der Waals surface area contributed by atoms with Gasteiger partial charge in [-0.1, -0.05) is 34.1 Å². The molecule has 2 rings (SSSR count). The molecule has 2 nitrogen and oxygen atoms in total. The number of hydrogen-bond acceptors (Lipinski definition) is 2. The largest absolute Gasteiger partial charge is 0.394 e. The highest BCUT2D eigenvalue weighted by molar-refractivity contribution is 9.10. The fourth-order valence-corrected chi connectivity index (χ4v) is 2.98. The number of hydrogen-bond donors (Lipinski definition) is 2. The lowest BCUT2D eigenvalue weighted by molar-refractivity contribution is 0.198. The number of nitrogens with two attached hydrogens (primary N) is 1. The standard InChI is InChI=1S/C12H16BrNO/c13-11-4-2-1-3-10(11)9-5-6-12(14,7-9)8-15/h1-4,9,15H,5-8,14H2. The highest BCUT2D eigenvalue weighted by atomic mass is 79.9. The van der Waals surface area contributed by atoms with Gasteiger partial charge in [-0.2, -0.15) is 0 Å². The zero-order chi connectivity index (χ0) is 10.9. The average molecular weight is 270 g/mol. The average Bonchev–Trinajstić information content (AvgIpc) is 2.63. The topological polar surface area (TPSA) is 46.2 Å². The zero-order valence-corrected chi connectivity index (χ0v) is 10.2. The third-order valence-electron chi connectivity index (χ3n) is 3.30. The number of halogens is 1. The monoisotopic (exact) mass is 269 g/mol. The van der Waals surface area contributed by atoms with Crippen LogP contribution in [0.4, 0.5) is 0 Å². The number of aliphatic hydroxyl groups excluding tert-OH is 1. The summed E-state index contributed by atoms with van der Waals surface area (Å²) < 4.78 is 1.15. The Balaban J connectivity index is 2.18. The molecule has 1 aliphatic carbocycles. The van der Waals surface area contributed by atoms with Gasteiger partial charge in [-0.25, -0.2) is 0 Å². The predicted molar refractivity (Wildman–Crippen MR) is 64.7 cm³/mol. The van der Waals surface area contributed by atoms with E-state index in [4.69, 9.17) is 5.73 Å². The van der Waals surface area contributed by atoms with E-state index in [-0.39, 0.29) is 12.1 Å². The van der Waals surface area contributed by atoms with Crippen LogP contribution in [0.25, 0.3) is 0 Å². The molecule has 1 aliphatic rings. The molecule has 0 bridgehead atoms. The molecule has 1 aromatic carbocycles. The van der Waals surface area contributed by atoms with Crippen LogP contribution in [0, 0.1) is 0 Å². The predicted octanol–water partition coefficient (Wildman–Crippen LogP) is 2.41. The van der Waals surface area contributed by atoms with Crippen molar-refractivity contribution in [2.45, 2.75) is 30.7 Å². The maximum Gasteiger partial charge on any atom is 0.0611 e. The summed E-state index contributed by atoms with van der Waals surface area (Å²) in [5.41, 5.74) is 7.03. The van der Waals surface area contributed by atoms with Gasteiger partial charge in [0.05, 0.1) is 6.61 Å². The Morgan fingerprint density at radius 2 is 2.20 bits per heavy atom. The van der Waals surface area contributed by atoms with Gasteiger partial charge in [0.2, 0.25) is 0 Å². The van der Waals surface area contributed by atoms with Crippen molar-refractivity contribution >= 4 is 15.9 Å². The van der Waals surface area contributed by atoms with Gasteiger partial charge in [-0.15, -0.1) is 0 Å². The normalized spacial score (nSPS) is 30.7. The van der Waals surface area contributed by atoms with Gasteiger partial charge in [-0.3, -0.25) is 0 Å². The second-order valence-electron chi connectivity index (χ2n) is 4.48. The summed E-state index contributed by atoms with van der Waals surface area (Å²) in [6.45, 7) is 0.0912. The van der Waals surface area contributed by atoms with Gasteiger partial charge in [-0.05, 0) is 36.8 Å². The molecular weight excluding hydrogens is 254 g/mol. The third kappa shape index (κ3) is 2.25. The van der Waals surface area contributed by atoms with Gasteiger partial charge >= 0.3 is 0 Å². The van der Waals surface area contributed by atoms with Crippen LogP contribution < -0.4 is 5.73 Å². The van der Waals surface area contributed by atoms with Crippen LogP contribution in [-0.2, 0) is 0 Å². The van der Waals surface area contributed by atoms with E-state index in [2.05, 4.69) is 34.1 Å². The molecule has 2 unspecified atom stereocenters. The number of benzene rings is 1. The van der Waals surface area contributed by atoms with Gasteiger partial charge in [0, 0.05) is 10.0 Å². The molecule has 15 heavy (non-hydrogen) atoms. The fourth-order valence-electron chi connectivity index (χ4n) is 2.37. The second-order valence-corrected chi connectivity index (χ2v) is 5.34. The molecule has 0 radical (unpaired) electrons. The van der Waals surface area contributed by atoms with E-state index in [0.29, 0.717) is 5.92 Å². The highest BCUT2D eigenvalue weighted by Gasteiger charge is 2.36. The first kappa shape index (κ1) is 11.1. The molecule has 0 aromatic heterocycles. The van der Waals surface area contributed by atoms with Crippen molar-refractivity contribution in [3.63, 3.8) is 0 Å². The summed E-state index contributed by atoms with van der Waals surface area (Å²) in [7, 11) is 0. The SMILES string of the molecule is NC1(CO)CCC(c2ccccc2Br)C1. The Morgan fingerprint density at radius 3 is 2.80 bits per heavy atom. The van der Waals surface area contributed by atoms with Crippen molar-refractivity contribution < 1.29 is 5.11 Å². The first-order valence-corrected chi connectivity index (χ1v) is 6.08. The Kier molecular flexibility index (Phi) is 3.14. The Bertz CT molecular complexity index is 355. The fraction of sp³-hybridized carbons (Fsp3) is 0.500. The number of rotatable bonds is 2. The Morgan fingerprint density at radius 1 is 1.47 bits per heavy atom. The maximum absolute atomic E-state index is 9.22. The first-order valence-electron chi connectivity index (χ1n) is 5.29. The summed E-state index contributed by atoms with van der Waals surface area (Å²) in [6.07, 6.45) is 2.86. The molecule has 0 spiro atoms. The molecule has 1 saturated carbocycles. The van der Waals surface area contributed by atoms with Crippen LogP contribution in [0.1, 0.15) is 30.7 Å². The zero-order valence-electron chi connectivity index (χ0n) is 8.62. The second kappa shape index (κ2) is 4.24. The van der Waals surface area contributed by atoms with E-state index in [1.54, 1.807) is 0 Å². The molecule has 1 aromatic rings. The van der Waals surface area contributed by atoms with Crippen molar-refractivity contribution in [3.8, 4) is 0 Å². The van der Waals surface area contributed by atoms with Gasteiger partial charge in [0.15, 0.2) is 0 Å². The summed E-state index contributed by atoms with van der Waals surface area (Å²) in [6, 6.07) is 8.27. The van der Waals surface area contributed by atoms with Gasteiger partial charge in [0.1, 0.15) is 0 Å². The van der Waals surface area contributed by atoms with E-state index < -0.39 is 0 Å². The van der Waals surface area contributed by atoms with E-state index in [1.807, 2.05) is 6.07 Å². The van der Waals surface area contributed by atoms with Gasteiger partial charge in [0.25, 0.3) is 0 Å². The van der Waals surface area contributed by atoms with Crippen molar-refractivity contribution in [1.82, 2.24) is 0 Å². The van der Waals surface area contributed by atoms with Crippen molar-refractivity contribution in [1.29, 1.82) is 0 Å². The molecule has 1 fully saturated rings. The summed E-state index contributed by atoms with van der Waals surface area (Å²) in [5, 5.41) is 9.22. The minimum Gasteiger partial charge on any atom is -0.394 e. The molecule has 0 saturated heterocycles. The van der Waals surface area contributed by atoms with Crippen LogP contribution in [0.15, 0.2) is 28.7 Å². The Labute approximate surface area is 98.6 Å². The maximum atomic E-state index is 9.22. The van der Waals surface area contributed by atoms with Crippen molar-refractivity contribution in [2.75, 3.05) is 6.61 Å². The molecule has 3 N–H and O–H groups in total. The lowest BCUT2D eigenvalue weighted by atomic mass is 9.94. The smallest absolute Gasteiger partial charge is 0.0611 e. The van der Waals surface area contributed by atoms with E-state index in [9.17, 15) is 5.11 Å². The van der Waals surface area contributed by atoms with Crippen LogP contribution in [0.2, 0.25) is 0 Å². The van der Waals surface area contributed by atoms with Crippen LogP contribution in [0.5, 0.6) is 0 Å². The van der Waals surface area contributed by atoms with Crippen molar-refractivity contribution in [2.24, 2.45) is 5.73 Å². The summed E-state index contributed by atoms with van der Waals surface area (Å²) in [4.78, 5) is 0. The van der Waals surface area contributed by atoms with Crippen LogP contribution >= 0.6 is 15.9 Å². The quantitative estimate of drug-likeness (QED) is 0.866. The summed E-state index contributed by atoms with van der Waals surface area (Å²) >= 11 is 3.56. The lowest BCUT2D eigenvalue weighted by Gasteiger charge is -2.21. The molecule has 0 aliphatic heterocycles. The van der Waals surface area contributed by atoms with Crippen LogP contribution in [-0.4, -0.2) is 17.3 Å². The highest BCUT2D eigenvalue weighted by Crippen LogP contribution is 2.41. The van der Waals surface area contributed by atoms with Gasteiger partial charge < -0.3 is 10.8 Å². The Hall–Kier alpha value is -0.380.